The van der Waals surface area contributed by atoms with E-state index in [1.54, 1.807) is 48.5 Å². The van der Waals surface area contributed by atoms with Crippen molar-refractivity contribution in [3.8, 4) is 0 Å². The first kappa shape index (κ1) is 19.0. The Balaban J connectivity index is 2.09. The molecule has 0 fully saturated rings. The maximum Gasteiger partial charge on any atom is 0.261 e. The highest BCUT2D eigenvalue weighted by molar-refractivity contribution is 7.92. The molecule has 1 atom stereocenters. The summed E-state index contributed by atoms with van der Waals surface area (Å²) in [6.45, 7) is 7.92. The number of hydrogen-bond donors (Lipinski definition) is 2. The summed E-state index contributed by atoms with van der Waals surface area (Å²) >= 11 is 0. The van der Waals surface area contributed by atoms with E-state index in [1.807, 2.05) is 27.7 Å². The second-order valence-electron chi connectivity index (χ2n) is 6.50. The molecule has 0 aliphatic rings. The predicted molar refractivity (Wildman–Crippen MR) is 100 cm³/mol. The largest absolute Gasteiger partial charge is 0.349 e. The molecule has 0 radical (unpaired) electrons. The van der Waals surface area contributed by atoms with E-state index in [0.29, 0.717) is 17.2 Å². The van der Waals surface area contributed by atoms with Gasteiger partial charge in [-0.15, -0.1) is 0 Å². The molecule has 0 saturated carbocycles. The monoisotopic (exact) mass is 360 g/mol. The van der Waals surface area contributed by atoms with Crippen LogP contribution in [0.3, 0.4) is 0 Å². The van der Waals surface area contributed by atoms with Crippen molar-refractivity contribution in [1.29, 1.82) is 0 Å². The van der Waals surface area contributed by atoms with Crippen LogP contribution in [0.1, 0.15) is 36.7 Å². The van der Waals surface area contributed by atoms with Gasteiger partial charge in [-0.1, -0.05) is 31.5 Å². The lowest BCUT2D eigenvalue weighted by atomic mass is 10.1. The highest BCUT2D eigenvalue weighted by atomic mass is 32.2. The van der Waals surface area contributed by atoms with Crippen LogP contribution in [0.4, 0.5) is 5.69 Å². The molecule has 0 aromatic heterocycles. The molecule has 0 spiro atoms. The Bertz CT molecular complexity index is 826. The number of benzene rings is 2. The average Bonchev–Trinajstić information content (AvgIpc) is 2.55. The van der Waals surface area contributed by atoms with Crippen LogP contribution in [0.15, 0.2) is 53.4 Å². The van der Waals surface area contributed by atoms with Gasteiger partial charge >= 0.3 is 0 Å². The van der Waals surface area contributed by atoms with Crippen LogP contribution in [0.5, 0.6) is 0 Å². The van der Waals surface area contributed by atoms with Crippen molar-refractivity contribution in [2.24, 2.45) is 5.92 Å². The summed E-state index contributed by atoms with van der Waals surface area (Å²) in [5.41, 5.74) is 1.89. The predicted octanol–water partition coefficient (Wildman–Crippen LogP) is 3.57. The number of anilines is 1. The summed E-state index contributed by atoms with van der Waals surface area (Å²) in [7, 11) is -3.64. The van der Waals surface area contributed by atoms with E-state index in [1.165, 1.54) is 0 Å². The maximum absolute atomic E-state index is 12.4. The molecule has 2 rings (SSSR count). The molecule has 1 amide bonds. The highest BCUT2D eigenvalue weighted by Crippen LogP contribution is 2.17. The summed E-state index contributed by atoms with van der Waals surface area (Å²) in [4.78, 5) is 12.4. The van der Waals surface area contributed by atoms with Crippen molar-refractivity contribution in [3.63, 3.8) is 0 Å². The molecule has 134 valence electrons. The Morgan fingerprint density at radius 2 is 1.48 bits per heavy atom. The fourth-order valence-corrected chi connectivity index (χ4v) is 3.14. The van der Waals surface area contributed by atoms with E-state index >= 15 is 0 Å². The molecule has 6 heteroatoms. The zero-order valence-corrected chi connectivity index (χ0v) is 15.7. The van der Waals surface area contributed by atoms with Gasteiger partial charge in [-0.25, -0.2) is 8.42 Å². The Hall–Kier alpha value is -2.34. The van der Waals surface area contributed by atoms with E-state index < -0.39 is 10.0 Å². The van der Waals surface area contributed by atoms with Gasteiger partial charge < -0.3 is 5.32 Å². The van der Waals surface area contributed by atoms with Crippen LogP contribution in [-0.2, 0) is 10.0 Å². The van der Waals surface area contributed by atoms with Gasteiger partial charge in [0.15, 0.2) is 0 Å². The Morgan fingerprint density at radius 1 is 0.920 bits per heavy atom. The van der Waals surface area contributed by atoms with Crippen molar-refractivity contribution < 1.29 is 13.2 Å². The molecular weight excluding hydrogens is 336 g/mol. The number of amides is 1. The van der Waals surface area contributed by atoms with Gasteiger partial charge in [0.25, 0.3) is 15.9 Å². The van der Waals surface area contributed by atoms with E-state index in [2.05, 4.69) is 10.0 Å². The van der Waals surface area contributed by atoms with Crippen molar-refractivity contribution in [3.05, 3.63) is 59.7 Å². The number of carbonyl (C=O) groups is 1. The summed E-state index contributed by atoms with van der Waals surface area (Å²) in [5, 5.41) is 2.92. The van der Waals surface area contributed by atoms with Crippen molar-refractivity contribution in [1.82, 2.24) is 5.32 Å². The quantitative estimate of drug-likeness (QED) is 0.827. The second-order valence-corrected chi connectivity index (χ2v) is 8.18. The fraction of sp³-hybridized carbons (Fsp3) is 0.316. The molecule has 2 N–H and O–H groups in total. The smallest absolute Gasteiger partial charge is 0.261 e. The van der Waals surface area contributed by atoms with Gasteiger partial charge in [0.2, 0.25) is 0 Å². The Labute approximate surface area is 149 Å². The van der Waals surface area contributed by atoms with Gasteiger partial charge in [-0.05, 0) is 56.2 Å². The van der Waals surface area contributed by atoms with Crippen LogP contribution in [0, 0.1) is 12.8 Å². The molecule has 5 nitrogen and oxygen atoms in total. The minimum absolute atomic E-state index is 0.0622. The third-order valence-corrected chi connectivity index (χ3v) is 5.49. The van der Waals surface area contributed by atoms with E-state index in [0.717, 1.165) is 5.56 Å². The molecule has 0 aliphatic carbocycles. The van der Waals surface area contributed by atoms with Gasteiger partial charge in [-0.2, -0.15) is 0 Å². The number of carbonyl (C=O) groups excluding carboxylic acids is 1. The van der Waals surface area contributed by atoms with Crippen molar-refractivity contribution in [2.75, 3.05) is 4.72 Å². The normalized spacial score (nSPS) is 12.7. The molecule has 0 aliphatic heterocycles. The van der Waals surface area contributed by atoms with E-state index in [4.69, 9.17) is 0 Å². The minimum Gasteiger partial charge on any atom is -0.349 e. The van der Waals surface area contributed by atoms with Crippen molar-refractivity contribution >= 4 is 21.6 Å². The lowest BCUT2D eigenvalue weighted by Crippen LogP contribution is -2.36. The van der Waals surface area contributed by atoms with Gasteiger partial charge in [-0.3, -0.25) is 9.52 Å². The van der Waals surface area contributed by atoms with Gasteiger partial charge in [0.1, 0.15) is 0 Å². The Morgan fingerprint density at radius 3 is 2.00 bits per heavy atom. The molecule has 0 heterocycles. The SMILES string of the molecule is Cc1ccc(S(=O)(=O)Nc2ccc(C(=O)NC(C)C(C)C)cc2)cc1. The highest BCUT2D eigenvalue weighted by Gasteiger charge is 2.15. The molecule has 25 heavy (non-hydrogen) atoms. The third-order valence-electron chi connectivity index (χ3n) is 4.09. The fourth-order valence-electron chi connectivity index (χ4n) is 2.08. The maximum atomic E-state index is 12.4. The summed E-state index contributed by atoms with van der Waals surface area (Å²) in [6.07, 6.45) is 0. The van der Waals surface area contributed by atoms with Crippen LogP contribution < -0.4 is 10.0 Å². The first-order valence-corrected chi connectivity index (χ1v) is 9.68. The zero-order chi connectivity index (χ0) is 18.6. The Kier molecular flexibility index (Phi) is 5.85. The number of sulfonamides is 1. The first-order valence-electron chi connectivity index (χ1n) is 8.19. The number of nitrogens with one attached hydrogen (secondary N) is 2. The van der Waals surface area contributed by atoms with Crippen LogP contribution in [0.2, 0.25) is 0 Å². The summed E-state index contributed by atoms with van der Waals surface area (Å²) in [6, 6.07) is 13.1. The van der Waals surface area contributed by atoms with Crippen LogP contribution >= 0.6 is 0 Å². The molecule has 2 aromatic rings. The topological polar surface area (TPSA) is 75.3 Å². The molecular formula is C19H24N2O3S. The van der Waals surface area contributed by atoms with Crippen molar-refractivity contribution in [2.45, 2.75) is 38.6 Å². The molecule has 2 aromatic carbocycles. The number of hydrogen-bond acceptors (Lipinski definition) is 3. The number of rotatable bonds is 6. The van der Waals surface area contributed by atoms with Crippen LogP contribution in [-0.4, -0.2) is 20.4 Å². The molecule has 1 unspecified atom stereocenters. The minimum atomic E-state index is -3.64. The van der Waals surface area contributed by atoms with Crippen LogP contribution in [0.25, 0.3) is 0 Å². The lowest BCUT2D eigenvalue weighted by Gasteiger charge is -2.17. The first-order chi connectivity index (χ1) is 11.7. The zero-order valence-electron chi connectivity index (χ0n) is 14.9. The second kappa shape index (κ2) is 7.70. The number of aryl methyl sites for hydroxylation is 1. The lowest BCUT2D eigenvalue weighted by molar-refractivity contribution is 0.0930. The molecule has 0 saturated heterocycles. The molecule has 0 bridgehead atoms. The van der Waals surface area contributed by atoms with Gasteiger partial charge in [0, 0.05) is 17.3 Å². The van der Waals surface area contributed by atoms with E-state index in [-0.39, 0.29) is 16.8 Å². The average molecular weight is 360 g/mol. The van der Waals surface area contributed by atoms with Gasteiger partial charge in [0.05, 0.1) is 4.90 Å². The van der Waals surface area contributed by atoms with E-state index in [9.17, 15) is 13.2 Å². The third kappa shape index (κ3) is 5.06. The standard InChI is InChI=1S/C19H24N2O3S/c1-13(2)15(4)20-19(22)16-7-9-17(10-8-16)21-25(23,24)18-11-5-14(3)6-12-18/h5-13,15,21H,1-4H3,(H,20,22). The summed E-state index contributed by atoms with van der Waals surface area (Å²) < 4.78 is 27.2. The summed E-state index contributed by atoms with van der Waals surface area (Å²) in [5.74, 6) is 0.165.